The fraction of sp³-hybridized carbons (Fsp3) is 0.444. The van der Waals surface area contributed by atoms with Crippen molar-refractivity contribution in [2.45, 2.75) is 64.9 Å². The van der Waals surface area contributed by atoms with Crippen molar-refractivity contribution >= 4 is 11.9 Å². The number of allylic oxidation sites excluding steroid dienone is 4. The van der Waals surface area contributed by atoms with Gasteiger partial charge in [0, 0.05) is 22.5 Å². The number of carbonyl (C=O) groups is 1. The number of rotatable bonds is 1. The maximum atomic E-state index is 12.9. The second-order valence-electron chi connectivity index (χ2n) is 8.96. The van der Waals surface area contributed by atoms with Gasteiger partial charge in [0.05, 0.1) is 6.10 Å². The number of carbonyl (C=O) groups excluding carboxylic acids is 1. The van der Waals surface area contributed by atoms with Crippen molar-refractivity contribution in [3.8, 4) is 11.8 Å². The van der Waals surface area contributed by atoms with E-state index < -0.39 is 0 Å². The molecule has 1 unspecified atom stereocenters. The Labute approximate surface area is 174 Å². The fourth-order valence-electron chi connectivity index (χ4n) is 5.06. The maximum absolute atomic E-state index is 12.9. The molecule has 4 rings (SSSR count). The van der Waals surface area contributed by atoms with Gasteiger partial charge in [-0.3, -0.25) is 4.79 Å². The summed E-state index contributed by atoms with van der Waals surface area (Å²) >= 11 is 0. The zero-order valence-corrected chi connectivity index (χ0v) is 17.5. The first-order chi connectivity index (χ1) is 14.0. The molecule has 3 aliphatic carbocycles. The molecule has 3 atom stereocenters. The number of hydrogen-bond donors (Lipinski definition) is 1. The first kappa shape index (κ1) is 19.9. The van der Waals surface area contributed by atoms with Gasteiger partial charge in [0.2, 0.25) is 0 Å². The summed E-state index contributed by atoms with van der Waals surface area (Å²) in [6.45, 7) is 4.05. The lowest BCUT2D eigenvalue weighted by atomic mass is 9.61. The van der Waals surface area contributed by atoms with Crippen molar-refractivity contribution in [3.05, 3.63) is 64.3 Å². The molecule has 2 heteroatoms. The van der Waals surface area contributed by atoms with Gasteiger partial charge in [-0.1, -0.05) is 48.6 Å². The molecule has 0 bridgehead atoms. The summed E-state index contributed by atoms with van der Waals surface area (Å²) in [6.07, 6.45) is 12.9. The third-order valence-electron chi connectivity index (χ3n) is 6.88. The third kappa shape index (κ3) is 4.02. The van der Waals surface area contributed by atoms with Gasteiger partial charge in [0.15, 0.2) is 5.78 Å². The summed E-state index contributed by atoms with van der Waals surface area (Å²) in [5, 5.41) is 10.7. The predicted molar refractivity (Wildman–Crippen MR) is 118 cm³/mol. The normalized spacial score (nSPS) is 30.7. The lowest BCUT2D eigenvalue weighted by Crippen LogP contribution is -2.42. The molecule has 0 spiro atoms. The first-order valence-electron chi connectivity index (χ1n) is 10.9. The monoisotopic (exact) mass is 386 g/mol. The van der Waals surface area contributed by atoms with Crippen LogP contribution in [0.2, 0.25) is 0 Å². The van der Waals surface area contributed by atoms with Crippen molar-refractivity contribution in [1.82, 2.24) is 0 Å². The molecule has 3 aliphatic rings. The molecule has 1 fully saturated rings. The van der Waals surface area contributed by atoms with Crippen LogP contribution in [0.1, 0.15) is 69.9 Å². The molecule has 0 heterocycles. The van der Waals surface area contributed by atoms with Gasteiger partial charge in [-0.15, -0.1) is 0 Å². The van der Waals surface area contributed by atoms with Crippen LogP contribution in [0.15, 0.2) is 53.1 Å². The SMILES string of the molecule is CC1=C2CCC[C@H](O)[C@@]2(C)CC(=Cc2ccc(C#CC3C=CCCC3)cc2)C1=O. The fourth-order valence-corrected chi connectivity index (χ4v) is 5.06. The third-order valence-corrected chi connectivity index (χ3v) is 6.88. The van der Waals surface area contributed by atoms with Gasteiger partial charge >= 0.3 is 0 Å². The van der Waals surface area contributed by atoms with E-state index in [1.165, 1.54) is 18.4 Å². The average Bonchev–Trinajstić information content (AvgIpc) is 2.74. The van der Waals surface area contributed by atoms with E-state index >= 15 is 0 Å². The molecule has 0 saturated heterocycles. The van der Waals surface area contributed by atoms with Crippen molar-refractivity contribution in [2.24, 2.45) is 11.3 Å². The van der Waals surface area contributed by atoms with Gasteiger partial charge in [-0.25, -0.2) is 0 Å². The highest BCUT2D eigenvalue weighted by atomic mass is 16.3. The van der Waals surface area contributed by atoms with E-state index in [9.17, 15) is 9.90 Å². The summed E-state index contributed by atoms with van der Waals surface area (Å²) in [6, 6.07) is 8.14. The van der Waals surface area contributed by atoms with Crippen molar-refractivity contribution in [3.63, 3.8) is 0 Å². The highest BCUT2D eigenvalue weighted by molar-refractivity contribution is 6.12. The second kappa shape index (κ2) is 8.17. The Hall–Kier alpha value is -2.37. The lowest BCUT2D eigenvalue weighted by Gasteiger charge is -2.45. The molecular formula is C27H30O2. The van der Waals surface area contributed by atoms with Gasteiger partial charge < -0.3 is 5.11 Å². The second-order valence-corrected chi connectivity index (χ2v) is 8.96. The number of aliphatic hydroxyl groups excluding tert-OH is 1. The zero-order chi connectivity index (χ0) is 20.4. The predicted octanol–water partition coefficient (Wildman–Crippen LogP) is 5.62. The zero-order valence-electron chi connectivity index (χ0n) is 17.5. The highest BCUT2D eigenvalue weighted by Gasteiger charge is 2.45. The minimum absolute atomic E-state index is 0.138. The molecule has 0 amide bonds. The molecule has 1 aromatic rings. The van der Waals surface area contributed by atoms with E-state index in [1.807, 2.05) is 37.3 Å². The Kier molecular flexibility index (Phi) is 5.61. The number of Topliss-reactive ketones (excluding diaryl/α,β-unsaturated/α-hetero) is 1. The summed E-state index contributed by atoms with van der Waals surface area (Å²) < 4.78 is 0. The molecule has 0 aliphatic heterocycles. The standard InChI is InChI=1S/C27H30O2/c1-19-24-9-6-10-25(28)27(24,2)18-23(26(19)29)17-22-15-13-21(14-16-22)12-11-20-7-4-3-5-8-20/h4,7,13-17,20,25,28H,3,5-6,8-10,18H2,1-2H3/t20?,25-,27-/m0/s1. The van der Waals surface area contributed by atoms with E-state index in [1.54, 1.807) is 0 Å². The number of benzene rings is 1. The lowest BCUT2D eigenvalue weighted by molar-refractivity contribution is -0.113. The van der Waals surface area contributed by atoms with Crippen molar-refractivity contribution in [1.29, 1.82) is 0 Å². The van der Waals surface area contributed by atoms with Crippen LogP contribution in [0.3, 0.4) is 0 Å². The summed E-state index contributed by atoms with van der Waals surface area (Å²) in [7, 11) is 0. The Morgan fingerprint density at radius 1 is 1.17 bits per heavy atom. The van der Waals surface area contributed by atoms with Crippen LogP contribution >= 0.6 is 0 Å². The van der Waals surface area contributed by atoms with Crippen LogP contribution in [-0.2, 0) is 4.79 Å². The van der Waals surface area contributed by atoms with E-state index in [0.29, 0.717) is 12.3 Å². The van der Waals surface area contributed by atoms with E-state index in [4.69, 9.17) is 0 Å². The van der Waals surface area contributed by atoms with Crippen molar-refractivity contribution < 1.29 is 9.90 Å². The summed E-state index contributed by atoms with van der Waals surface area (Å²) in [5.41, 5.74) is 4.53. The number of aliphatic hydroxyl groups is 1. The molecule has 150 valence electrons. The van der Waals surface area contributed by atoms with Gasteiger partial charge in [-0.05, 0) is 81.2 Å². The molecule has 0 aromatic heterocycles. The molecule has 1 aromatic carbocycles. The van der Waals surface area contributed by atoms with E-state index in [2.05, 4.69) is 30.9 Å². The van der Waals surface area contributed by atoms with Crippen LogP contribution < -0.4 is 0 Å². The average molecular weight is 387 g/mol. The Balaban J connectivity index is 1.56. The van der Waals surface area contributed by atoms with Crippen LogP contribution in [0.25, 0.3) is 6.08 Å². The Morgan fingerprint density at radius 3 is 2.69 bits per heavy atom. The number of fused-ring (bicyclic) bond motifs is 1. The molecular weight excluding hydrogens is 356 g/mol. The van der Waals surface area contributed by atoms with Crippen molar-refractivity contribution in [2.75, 3.05) is 0 Å². The summed E-state index contributed by atoms with van der Waals surface area (Å²) in [5.74, 6) is 7.14. The Bertz CT molecular complexity index is 948. The van der Waals surface area contributed by atoms with Crippen LogP contribution in [0.5, 0.6) is 0 Å². The smallest absolute Gasteiger partial charge is 0.184 e. The Morgan fingerprint density at radius 2 is 1.97 bits per heavy atom. The van der Waals surface area contributed by atoms with Crippen LogP contribution in [-0.4, -0.2) is 17.0 Å². The number of ketones is 1. The molecule has 2 nitrogen and oxygen atoms in total. The molecule has 0 radical (unpaired) electrons. The van der Waals surface area contributed by atoms with Crippen LogP contribution in [0, 0.1) is 23.2 Å². The van der Waals surface area contributed by atoms with Crippen LogP contribution in [0.4, 0.5) is 0 Å². The summed E-state index contributed by atoms with van der Waals surface area (Å²) in [4.78, 5) is 12.9. The largest absolute Gasteiger partial charge is 0.392 e. The minimum atomic E-state index is -0.371. The van der Waals surface area contributed by atoms with Gasteiger partial charge in [0.1, 0.15) is 0 Å². The topological polar surface area (TPSA) is 37.3 Å². The molecule has 1 N–H and O–H groups in total. The number of hydrogen-bond acceptors (Lipinski definition) is 2. The highest BCUT2D eigenvalue weighted by Crippen LogP contribution is 2.50. The maximum Gasteiger partial charge on any atom is 0.184 e. The van der Waals surface area contributed by atoms with E-state index in [0.717, 1.165) is 48.0 Å². The molecule has 1 saturated carbocycles. The van der Waals surface area contributed by atoms with Gasteiger partial charge in [-0.2, -0.15) is 0 Å². The molecule has 29 heavy (non-hydrogen) atoms. The van der Waals surface area contributed by atoms with Gasteiger partial charge in [0.25, 0.3) is 0 Å². The quantitative estimate of drug-likeness (QED) is 0.386. The first-order valence-corrected chi connectivity index (χ1v) is 10.9. The van der Waals surface area contributed by atoms with E-state index in [-0.39, 0.29) is 17.3 Å². The minimum Gasteiger partial charge on any atom is -0.392 e.